The summed E-state index contributed by atoms with van der Waals surface area (Å²) in [5, 5.41) is 4.96. The van der Waals surface area contributed by atoms with E-state index in [0.29, 0.717) is 17.6 Å². The zero-order valence-corrected chi connectivity index (χ0v) is 62.4. The smallest absolute Gasteiger partial charge is 0.249 e. The topological polar surface area (TPSA) is 22.3 Å². The molecule has 101 heavy (non-hydrogen) atoms. The fourth-order valence-corrected chi connectivity index (χ4v) is 17.5. The van der Waals surface area contributed by atoms with Crippen LogP contribution in [-0.2, 0) is 32.5 Å². The van der Waals surface area contributed by atoms with Crippen LogP contribution in [0.5, 0.6) is 11.5 Å². The van der Waals surface area contributed by atoms with Gasteiger partial charge in [0, 0.05) is 81.8 Å². The molecule has 5 heterocycles. The number of aromatic nitrogens is 2. The monoisotopic (exact) mass is 1330 g/mol. The van der Waals surface area contributed by atoms with Crippen LogP contribution in [0, 0.1) is 0 Å². The molecular formula is C95H90BN3OS. The van der Waals surface area contributed by atoms with Gasteiger partial charge in [-0.15, -0.1) is 0 Å². The van der Waals surface area contributed by atoms with E-state index < -0.39 is 5.41 Å². The highest BCUT2D eigenvalue weighted by Crippen LogP contribution is 2.54. The Morgan fingerprint density at radius 3 is 1.30 bits per heavy atom. The van der Waals surface area contributed by atoms with E-state index in [0.717, 1.165) is 100 Å². The molecule has 0 saturated heterocycles. The second-order valence-electron chi connectivity index (χ2n) is 34.5. The van der Waals surface area contributed by atoms with Gasteiger partial charge in [0.25, 0.3) is 0 Å². The molecular weight excluding hydrogens is 1240 g/mol. The predicted molar refractivity (Wildman–Crippen MR) is 433 cm³/mol. The molecule has 0 amide bonds. The minimum atomic E-state index is -0.570. The Morgan fingerprint density at radius 1 is 0.366 bits per heavy atom. The van der Waals surface area contributed by atoms with Crippen LogP contribution in [0.15, 0.2) is 246 Å². The Morgan fingerprint density at radius 2 is 0.812 bits per heavy atom. The lowest BCUT2D eigenvalue weighted by atomic mass is 9.34. The third kappa shape index (κ3) is 10.5. The first-order valence-electron chi connectivity index (χ1n) is 37.2. The number of hydrogen-bond acceptors (Lipinski definition) is 3. The molecule has 6 heteroatoms. The van der Waals surface area contributed by atoms with E-state index in [1.165, 1.54) is 76.2 Å². The molecule has 2 aromatic heterocycles. The minimum Gasteiger partial charge on any atom is -0.457 e. The quantitative estimate of drug-likeness (QED) is 0.155. The van der Waals surface area contributed by atoms with Crippen LogP contribution in [0.4, 0.5) is 17.1 Å². The Balaban J connectivity index is 0.998. The van der Waals surface area contributed by atoms with Crippen molar-refractivity contribution in [3.05, 3.63) is 275 Å². The van der Waals surface area contributed by atoms with Crippen molar-refractivity contribution in [1.82, 2.24) is 9.13 Å². The van der Waals surface area contributed by atoms with Crippen molar-refractivity contribution < 1.29 is 7.48 Å². The summed E-state index contributed by atoms with van der Waals surface area (Å²) in [6.45, 7) is 38.6. The van der Waals surface area contributed by atoms with Gasteiger partial charge in [-0.05, 0) is 197 Å². The number of ether oxygens (including phenoxy) is 1. The van der Waals surface area contributed by atoms with E-state index in [9.17, 15) is 2.74 Å². The summed E-state index contributed by atoms with van der Waals surface area (Å²) in [7, 11) is 0. The molecule has 3 aliphatic heterocycles. The Kier molecular flexibility index (Phi) is 14.0. The molecule has 17 rings (SSSR count). The third-order valence-electron chi connectivity index (χ3n) is 22.1. The zero-order chi connectivity index (χ0) is 72.1. The van der Waals surface area contributed by atoms with Crippen molar-refractivity contribution in [3.8, 4) is 56.3 Å². The van der Waals surface area contributed by atoms with Crippen molar-refractivity contribution in [2.45, 2.75) is 160 Å². The summed E-state index contributed by atoms with van der Waals surface area (Å²) in [5.74, 6) is 1.72. The fraction of sp³-hybridized carbons (Fsp3) is 0.242. The summed E-state index contributed by atoms with van der Waals surface area (Å²) in [4.78, 5) is 4.85. The van der Waals surface area contributed by atoms with E-state index in [1.807, 2.05) is 11.8 Å². The average Bonchev–Trinajstić information content (AvgIpc) is 1.07. The number of anilines is 3. The maximum absolute atomic E-state index is 10.9. The first-order valence-corrected chi connectivity index (χ1v) is 37.0. The van der Waals surface area contributed by atoms with Gasteiger partial charge >= 0.3 is 0 Å². The first kappa shape index (κ1) is 62.3. The van der Waals surface area contributed by atoms with Crippen LogP contribution < -0.4 is 26.0 Å². The number of hydrogen-bond donors (Lipinski definition) is 0. The molecule has 0 N–H and O–H groups in total. The van der Waals surface area contributed by atoms with Gasteiger partial charge in [-0.3, -0.25) is 0 Å². The summed E-state index contributed by atoms with van der Waals surface area (Å²) >= 11 is 1.86. The lowest BCUT2D eigenvalue weighted by Crippen LogP contribution is -2.60. The number of benzene rings is 12. The second kappa shape index (κ2) is 22.6. The summed E-state index contributed by atoms with van der Waals surface area (Å²) < 4.78 is 33.8. The summed E-state index contributed by atoms with van der Waals surface area (Å²) in [5.41, 5.74) is 25.7. The Labute approximate surface area is 605 Å². The summed E-state index contributed by atoms with van der Waals surface area (Å²) in [6.07, 6.45) is 0. The van der Waals surface area contributed by atoms with Gasteiger partial charge in [-0.25, -0.2) is 0 Å². The molecule has 0 spiro atoms. The molecule has 0 radical (unpaired) electrons. The molecule has 0 unspecified atom stereocenters. The van der Waals surface area contributed by atoms with Gasteiger partial charge in [0.2, 0.25) is 6.71 Å². The average molecular weight is 1330 g/mol. The molecule has 14 aromatic rings. The summed E-state index contributed by atoms with van der Waals surface area (Å²) in [6, 6.07) is 85.1. The molecule has 3 aliphatic rings. The fourth-order valence-electron chi connectivity index (χ4n) is 16.3. The van der Waals surface area contributed by atoms with Crippen molar-refractivity contribution in [3.63, 3.8) is 0 Å². The molecule has 0 fully saturated rings. The minimum absolute atomic E-state index is 0.0383. The highest BCUT2D eigenvalue weighted by atomic mass is 32.2. The van der Waals surface area contributed by atoms with E-state index in [-0.39, 0.29) is 33.8 Å². The molecule has 12 aromatic carbocycles. The van der Waals surface area contributed by atoms with Crippen LogP contribution in [0.2, 0.25) is 0 Å². The highest BCUT2D eigenvalue weighted by molar-refractivity contribution is 8.00. The lowest BCUT2D eigenvalue weighted by molar-refractivity contribution is 0.418. The predicted octanol–water partition coefficient (Wildman–Crippen LogP) is 24.6. The van der Waals surface area contributed by atoms with Crippen LogP contribution in [-0.4, -0.2) is 15.8 Å². The molecule has 0 saturated carbocycles. The van der Waals surface area contributed by atoms with Gasteiger partial charge in [0.15, 0.2) is 0 Å². The third-order valence-corrected chi connectivity index (χ3v) is 23.2. The van der Waals surface area contributed by atoms with E-state index in [1.54, 1.807) is 0 Å². The van der Waals surface area contributed by atoms with Crippen LogP contribution in [0.1, 0.15) is 159 Å². The lowest BCUT2D eigenvalue weighted by Gasteiger charge is -2.42. The van der Waals surface area contributed by atoms with Crippen molar-refractivity contribution in [2.75, 3.05) is 4.90 Å². The molecule has 0 aliphatic carbocycles. The molecule has 0 atom stereocenters. The molecule has 500 valence electrons. The Hall–Kier alpha value is -9.75. The standard InChI is InChI=1S/C95H90BN3OS/c1-90(2,3)61-33-42-78-70(49-61)71-50-62(91(4,5)6)34-43-79(71)97(78)66-37-40-76-82(55-66)99(89-68(57-26-20-18-21-27-57)53-65(94(13,14)15)54-69(89)58-28-22-19-23-29-58)83-46-60(59-32-39-75-85(47-59)100-84-31-25-24-30-74(84)95(75,16)17)48-87-88(83)96(76)77-41-38-67(56-86(77)101-87)98-80-44-35-63(92(7,8)9)51-72(80)73-52-64(93(10,11)12)36-45-81(73)98/h18-56H,1-17H3/i53D,54D. The highest BCUT2D eigenvalue weighted by Gasteiger charge is 2.44. The second-order valence-corrected chi connectivity index (χ2v) is 35.6. The largest absolute Gasteiger partial charge is 0.457 e. The maximum Gasteiger partial charge on any atom is 0.249 e. The van der Waals surface area contributed by atoms with Crippen molar-refractivity contribution in [2.24, 2.45) is 0 Å². The molecule has 0 bridgehead atoms. The van der Waals surface area contributed by atoms with Crippen LogP contribution >= 0.6 is 11.8 Å². The number of rotatable bonds is 6. The number of nitrogens with zero attached hydrogens (tertiary/aromatic N) is 3. The van der Waals surface area contributed by atoms with Gasteiger partial charge in [-0.2, -0.15) is 0 Å². The van der Waals surface area contributed by atoms with E-state index >= 15 is 0 Å². The number of para-hydroxylation sites is 1. The van der Waals surface area contributed by atoms with Crippen molar-refractivity contribution >= 4 is 95.5 Å². The first-order chi connectivity index (χ1) is 48.8. The van der Waals surface area contributed by atoms with E-state index in [4.69, 9.17) is 4.74 Å². The van der Waals surface area contributed by atoms with Gasteiger partial charge in [-0.1, -0.05) is 262 Å². The maximum atomic E-state index is 10.9. The zero-order valence-electron chi connectivity index (χ0n) is 63.6. The number of fused-ring (bicyclic) bond motifs is 12. The normalized spacial score (nSPS) is 14.5. The van der Waals surface area contributed by atoms with Gasteiger partial charge in [0.05, 0.1) is 30.5 Å². The van der Waals surface area contributed by atoms with Crippen molar-refractivity contribution in [1.29, 1.82) is 0 Å². The SMILES string of the molecule is [2H]c1c(-c2ccccc2)c(N2c3cc(-n4c5ccc(C(C)(C)C)cc5c5cc(C(C)(C)C)ccc54)ccc3B3c4ccc(-n5c6ccc(C(C)(C)C)cc6c6cc(C(C)(C)C)ccc65)cc4Sc4cc(-c5ccc6c(c5)Oc5ccccc5C6(C)C)cc2c43)c(-c2ccccc2)c([2H])c1C(C)(C)C. The van der Waals surface area contributed by atoms with Gasteiger partial charge < -0.3 is 18.8 Å². The van der Waals surface area contributed by atoms with Gasteiger partial charge in [0.1, 0.15) is 11.5 Å². The van der Waals surface area contributed by atoms with Crippen LogP contribution in [0.3, 0.4) is 0 Å². The van der Waals surface area contributed by atoms with Crippen LogP contribution in [0.25, 0.3) is 88.4 Å². The molecule has 4 nitrogen and oxygen atoms in total. The van der Waals surface area contributed by atoms with E-state index in [2.05, 4.69) is 356 Å². The Bertz CT molecular complexity index is 5690.